The van der Waals surface area contributed by atoms with Gasteiger partial charge in [0.2, 0.25) is 5.76 Å². The number of hydrogen-bond acceptors (Lipinski definition) is 4. The molecule has 22 heavy (non-hydrogen) atoms. The highest BCUT2D eigenvalue weighted by Gasteiger charge is 2.29. The van der Waals surface area contributed by atoms with Crippen LogP contribution in [0, 0.1) is 12.7 Å². The van der Waals surface area contributed by atoms with Crippen LogP contribution in [0.5, 0.6) is 0 Å². The minimum atomic E-state index is -0.356. The largest absolute Gasteiger partial charge is 0.376 e. The topological polar surface area (TPSA) is 64.4 Å². The molecule has 1 aliphatic rings. The van der Waals surface area contributed by atoms with Crippen molar-refractivity contribution >= 4 is 5.91 Å². The predicted octanol–water partition coefficient (Wildman–Crippen LogP) is 2.77. The lowest BCUT2D eigenvalue weighted by Crippen LogP contribution is -2.36. The first-order chi connectivity index (χ1) is 10.6. The first-order valence-corrected chi connectivity index (χ1v) is 7.25. The van der Waals surface area contributed by atoms with E-state index in [-0.39, 0.29) is 29.6 Å². The summed E-state index contributed by atoms with van der Waals surface area (Å²) >= 11 is 0. The lowest BCUT2D eigenvalue weighted by molar-refractivity contribution is 0.0653. The van der Waals surface area contributed by atoms with Crippen LogP contribution in [0.15, 0.2) is 34.9 Å². The molecule has 2 atom stereocenters. The molecule has 2 heterocycles. The van der Waals surface area contributed by atoms with E-state index in [4.69, 9.17) is 9.26 Å². The SMILES string of the molecule is Cc1cc(C(=O)N[C@H](c2ccc(F)cc2)[C@@H]2CCCO2)on1. The Kier molecular flexibility index (Phi) is 4.20. The lowest BCUT2D eigenvalue weighted by atomic mass is 9.99. The maximum absolute atomic E-state index is 13.1. The van der Waals surface area contributed by atoms with Crippen LogP contribution in [0.2, 0.25) is 0 Å². The van der Waals surface area contributed by atoms with Crippen molar-refractivity contribution in [3.8, 4) is 0 Å². The number of aromatic nitrogens is 1. The third-order valence-electron chi connectivity index (χ3n) is 3.70. The first kappa shape index (κ1) is 14.7. The van der Waals surface area contributed by atoms with Gasteiger partial charge in [-0.3, -0.25) is 4.79 Å². The maximum atomic E-state index is 13.1. The van der Waals surface area contributed by atoms with Gasteiger partial charge in [0, 0.05) is 12.7 Å². The van der Waals surface area contributed by atoms with E-state index in [1.54, 1.807) is 25.1 Å². The first-order valence-electron chi connectivity index (χ1n) is 7.25. The molecule has 0 bridgehead atoms. The highest BCUT2D eigenvalue weighted by molar-refractivity contribution is 5.91. The number of nitrogens with one attached hydrogen (secondary N) is 1. The number of rotatable bonds is 4. The smallest absolute Gasteiger partial charge is 0.290 e. The fourth-order valence-corrected chi connectivity index (χ4v) is 2.61. The van der Waals surface area contributed by atoms with Gasteiger partial charge in [0.25, 0.3) is 5.91 Å². The molecule has 0 saturated carbocycles. The number of hydrogen-bond donors (Lipinski definition) is 1. The van der Waals surface area contributed by atoms with Crippen molar-refractivity contribution in [3.63, 3.8) is 0 Å². The summed E-state index contributed by atoms with van der Waals surface area (Å²) in [5.41, 5.74) is 1.44. The molecule has 2 aromatic rings. The summed E-state index contributed by atoms with van der Waals surface area (Å²) in [6.45, 7) is 2.41. The predicted molar refractivity (Wildman–Crippen MR) is 76.8 cm³/mol. The molecule has 1 saturated heterocycles. The summed E-state index contributed by atoms with van der Waals surface area (Å²) < 4.78 is 23.8. The zero-order valence-electron chi connectivity index (χ0n) is 12.2. The van der Waals surface area contributed by atoms with Gasteiger partial charge in [-0.15, -0.1) is 0 Å². The number of nitrogens with zero attached hydrogens (tertiary/aromatic N) is 1. The van der Waals surface area contributed by atoms with Gasteiger partial charge in [-0.25, -0.2) is 4.39 Å². The normalized spacial score (nSPS) is 19.1. The summed E-state index contributed by atoms with van der Waals surface area (Å²) in [5, 5.41) is 6.61. The number of aryl methyl sites for hydroxylation is 1. The standard InChI is InChI=1S/C16H17FN2O3/c1-10-9-14(22-19-10)16(20)18-15(13-3-2-8-21-13)11-4-6-12(17)7-5-11/h4-7,9,13,15H,2-3,8H2,1H3,(H,18,20)/t13-,15+/m0/s1. The van der Waals surface area contributed by atoms with Crippen molar-refractivity contribution in [1.29, 1.82) is 0 Å². The number of benzene rings is 1. The van der Waals surface area contributed by atoms with E-state index in [1.165, 1.54) is 12.1 Å². The Hall–Kier alpha value is -2.21. The van der Waals surface area contributed by atoms with Crippen LogP contribution in [0.1, 0.15) is 40.7 Å². The molecule has 1 amide bonds. The molecule has 116 valence electrons. The van der Waals surface area contributed by atoms with Gasteiger partial charge in [0.05, 0.1) is 17.8 Å². The van der Waals surface area contributed by atoms with Gasteiger partial charge in [0.15, 0.2) is 0 Å². The summed E-state index contributed by atoms with van der Waals surface area (Å²) in [6, 6.07) is 7.30. The van der Waals surface area contributed by atoms with Gasteiger partial charge in [-0.1, -0.05) is 17.3 Å². The third-order valence-corrected chi connectivity index (χ3v) is 3.70. The molecule has 3 rings (SSSR count). The van der Waals surface area contributed by atoms with Crippen molar-refractivity contribution in [2.24, 2.45) is 0 Å². The van der Waals surface area contributed by atoms with Crippen LogP contribution in [0.3, 0.4) is 0 Å². The van der Waals surface area contributed by atoms with Crippen LogP contribution in [-0.2, 0) is 4.74 Å². The van der Waals surface area contributed by atoms with E-state index in [2.05, 4.69) is 10.5 Å². The molecule has 0 radical (unpaired) electrons. The molecule has 0 aliphatic carbocycles. The summed E-state index contributed by atoms with van der Waals surface area (Å²) in [5.74, 6) is -0.514. The molecule has 1 aromatic heterocycles. The molecule has 0 unspecified atom stereocenters. The summed E-state index contributed by atoms with van der Waals surface area (Å²) in [6.07, 6.45) is 1.66. The van der Waals surface area contributed by atoms with Gasteiger partial charge in [0.1, 0.15) is 5.82 Å². The Bertz CT molecular complexity index is 648. The fourth-order valence-electron chi connectivity index (χ4n) is 2.61. The average molecular weight is 304 g/mol. The average Bonchev–Trinajstić information content (AvgIpc) is 3.17. The van der Waals surface area contributed by atoms with Crippen molar-refractivity contribution in [2.75, 3.05) is 6.61 Å². The zero-order valence-corrected chi connectivity index (χ0v) is 12.2. The van der Waals surface area contributed by atoms with E-state index in [0.29, 0.717) is 12.3 Å². The Balaban J connectivity index is 1.82. The molecule has 0 spiro atoms. The number of amides is 1. The molecule has 1 aromatic carbocycles. The number of halogens is 1. The van der Waals surface area contributed by atoms with E-state index in [0.717, 1.165) is 18.4 Å². The molecule has 1 aliphatic heterocycles. The monoisotopic (exact) mass is 304 g/mol. The Morgan fingerprint density at radius 2 is 2.18 bits per heavy atom. The second-order valence-corrected chi connectivity index (χ2v) is 5.39. The van der Waals surface area contributed by atoms with Gasteiger partial charge in [-0.05, 0) is 37.5 Å². The van der Waals surface area contributed by atoms with Crippen LogP contribution >= 0.6 is 0 Å². The van der Waals surface area contributed by atoms with Crippen LogP contribution in [-0.4, -0.2) is 23.8 Å². The molecule has 1 N–H and O–H groups in total. The second-order valence-electron chi connectivity index (χ2n) is 5.39. The maximum Gasteiger partial charge on any atom is 0.290 e. The molecule has 5 nitrogen and oxygen atoms in total. The van der Waals surface area contributed by atoms with Crippen LogP contribution in [0.4, 0.5) is 4.39 Å². The minimum Gasteiger partial charge on any atom is -0.376 e. The molecule has 6 heteroatoms. The van der Waals surface area contributed by atoms with Crippen molar-refractivity contribution in [3.05, 3.63) is 53.2 Å². The summed E-state index contributed by atoms with van der Waals surface area (Å²) in [4.78, 5) is 12.3. The third kappa shape index (κ3) is 3.17. The van der Waals surface area contributed by atoms with E-state index in [1.807, 2.05) is 0 Å². The summed E-state index contributed by atoms with van der Waals surface area (Å²) in [7, 11) is 0. The quantitative estimate of drug-likeness (QED) is 0.943. The Morgan fingerprint density at radius 3 is 2.77 bits per heavy atom. The van der Waals surface area contributed by atoms with Crippen molar-refractivity contribution < 1.29 is 18.4 Å². The number of carbonyl (C=O) groups is 1. The van der Waals surface area contributed by atoms with Gasteiger partial charge in [-0.2, -0.15) is 0 Å². The Morgan fingerprint density at radius 1 is 1.41 bits per heavy atom. The van der Waals surface area contributed by atoms with Crippen LogP contribution < -0.4 is 5.32 Å². The van der Waals surface area contributed by atoms with Crippen molar-refractivity contribution in [1.82, 2.24) is 10.5 Å². The lowest BCUT2D eigenvalue weighted by Gasteiger charge is -2.24. The van der Waals surface area contributed by atoms with Crippen LogP contribution in [0.25, 0.3) is 0 Å². The highest BCUT2D eigenvalue weighted by Crippen LogP contribution is 2.27. The fraction of sp³-hybridized carbons (Fsp3) is 0.375. The number of carbonyl (C=O) groups excluding carboxylic acids is 1. The van der Waals surface area contributed by atoms with E-state index >= 15 is 0 Å². The Labute approximate surface area is 127 Å². The molecular formula is C16H17FN2O3. The van der Waals surface area contributed by atoms with Gasteiger partial charge >= 0.3 is 0 Å². The zero-order chi connectivity index (χ0) is 15.5. The van der Waals surface area contributed by atoms with Gasteiger partial charge < -0.3 is 14.6 Å². The van der Waals surface area contributed by atoms with Crippen molar-refractivity contribution in [2.45, 2.75) is 31.9 Å². The van der Waals surface area contributed by atoms with E-state index in [9.17, 15) is 9.18 Å². The molecule has 1 fully saturated rings. The highest BCUT2D eigenvalue weighted by atomic mass is 19.1. The van der Waals surface area contributed by atoms with E-state index < -0.39 is 0 Å². The molecular weight excluding hydrogens is 287 g/mol. The second kappa shape index (κ2) is 6.27. The number of ether oxygens (including phenoxy) is 1. The minimum absolute atomic E-state index is 0.126.